The second kappa shape index (κ2) is 8.26. The van der Waals surface area contributed by atoms with Crippen LogP contribution in [0.5, 0.6) is 11.5 Å². The van der Waals surface area contributed by atoms with Gasteiger partial charge in [-0.05, 0) is 42.5 Å². The molecule has 7 nitrogen and oxygen atoms in total. The van der Waals surface area contributed by atoms with Gasteiger partial charge >= 0.3 is 0 Å². The van der Waals surface area contributed by atoms with Crippen LogP contribution in [0.15, 0.2) is 48.7 Å². The van der Waals surface area contributed by atoms with E-state index in [4.69, 9.17) is 9.47 Å². The van der Waals surface area contributed by atoms with Gasteiger partial charge in [0.2, 0.25) is 0 Å². The molecule has 4 rings (SSSR count). The van der Waals surface area contributed by atoms with Gasteiger partial charge in [-0.3, -0.25) is 9.48 Å². The minimum Gasteiger partial charge on any atom is -0.490 e. The maximum atomic E-state index is 11.7. The Morgan fingerprint density at radius 2 is 1.86 bits per heavy atom. The molecule has 1 aliphatic rings. The number of nitrogens with one attached hydrogen (secondary N) is 2. The van der Waals surface area contributed by atoms with Crippen LogP contribution in [0.4, 0.5) is 5.69 Å². The molecule has 7 heteroatoms. The van der Waals surface area contributed by atoms with Gasteiger partial charge in [0, 0.05) is 55.6 Å². The van der Waals surface area contributed by atoms with Gasteiger partial charge in [0.1, 0.15) is 0 Å². The fourth-order valence-corrected chi connectivity index (χ4v) is 3.30. The van der Waals surface area contributed by atoms with Gasteiger partial charge < -0.3 is 20.1 Å². The van der Waals surface area contributed by atoms with Crippen LogP contribution in [0.3, 0.4) is 0 Å². The molecule has 2 heterocycles. The second-order valence-corrected chi connectivity index (χ2v) is 6.90. The minimum absolute atomic E-state index is 0.0968. The van der Waals surface area contributed by atoms with Crippen LogP contribution in [0.1, 0.15) is 22.3 Å². The van der Waals surface area contributed by atoms with Crippen LogP contribution >= 0.6 is 0 Å². The Labute approximate surface area is 169 Å². The van der Waals surface area contributed by atoms with Crippen LogP contribution in [0, 0.1) is 0 Å². The molecule has 2 N–H and O–H groups in total. The van der Waals surface area contributed by atoms with Crippen molar-refractivity contribution in [1.82, 2.24) is 15.1 Å². The summed E-state index contributed by atoms with van der Waals surface area (Å²) in [7, 11) is 3.53. The largest absolute Gasteiger partial charge is 0.490 e. The monoisotopic (exact) mass is 392 g/mol. The van der Waals surface area contributed by atoms with Crippen molar-refractivity contribution in [2.45, 2.75) is 13.0 Å². The number of rotatable bonds is 5. The highest BCUT2D eigenvalue weighted by atomic mass is 16.5. The van der Waals surface area contributed by atoms with Gasteiger partial charge in [-0.2, -0.15) is 5.10 Å². The Hall–Kier alpha value is -3.48. The predicted octanol–water partition coefficient (Wildman–Crippen LogP) is 3.22. The topological polar surface area (TPSA) is 77.4 Å². The summed E-state index contributed by atoms with van der Waals surface area (Å²) in [4.78, 5) is 11.7. The molecule has 0 saturated heterocycles. The summed E-state index contributed by atoms with van der Waals surface area (Å²) in [5, 5.41) is 10.7. The molecule has 0 aliphatic carbocycles. The highest BCUT2D eigenvalue weighted by molar-refractivity contribution is 5.94. The van der Waals surface area contributed by atoms with E-state index >= 15 is 0 Å². The molecule has 0 spiro atoms. The minimum atomic E-state index is -0.0968. The van der Waals surface area contributed by atoms with Crippen LogP contribution in [-0.4, -0.2) is 35.9 Å². The number of ether oxygens (including phenoxy) is 2. The molecule has 0 radical (unpaired) electrons. The van der Waals surface area contributed by atoms with Gasteiger partial charge in [0.25, 0.3) is 5.91 Å². The van der Waals surface area contributed by atoms with Gasteiger partial charge in [0.05, 0.1) is 18.9 Å². The third kappa shape index (κ3) is 4.18. The molecular formula is C22H24N4O3. The van der Waals surface area contributed by atoms with Crippen molar-refractivity contribution in [2.75, 3.05) is 25.6 Å². The Morgan fingerprint density at radius 1 is 1.10 bits per heavy atom. The highest BCUT2D eigenvalue weighted by Gasteiger charge is 2.15. The lowest BCUT2D eigenvalue weighted by Crippen LogP contribution is -2.17. The lowest BCUT2D eigenvalue weighted by Gasteiger charge is -2.10. The third-order valence-corrected chi connectivity index (χ3v) is 4.78. The Kier molecular flexibility index (Phi) is 5.37. The smallest absolute Gasteiger partial charge is 0.251 e. The van der Waals surface area contributed by atoms with Crippen molar-refractivity contribution < 1.29 is 14.3 Å². The maximum absolute atomic E-state index is 11.7. The SMILES string of the molecule is CNC(=O)c1ccc(NCc2cn(C)nc2-c2ccc3c(c2)OCCCO3)cc1. The zero-order chi connectivity index (χ0) is 20.2. The van der Waals surface area contributed by atoms with E-state index in [0.717, 1.165) is 40.4 Å². The Balaban J connectivity index is 1.53. The molecule has 0 unspecified atom stereocenters. The van der Waals surface area contributed by atoms with Crippen LogP contribution in [0.25, 0.3) is 11.3 Å². The van der Waals surface area contributed by atoms with E-state index in [1.807, 2.05) is 48.3 Å². The average molecular weight is 392 g/mol. The number of aromatic nitrogens is 2. The summed E-state index contributed by atoms with van der Waals surface area (Å²) in [6.45, 7) is 1.93. The number of hydrogen-bond donors (Lipinski definition) is 2. The van der Waals surface area contributed by atoms with Crippen molar-refractivity contribution in [1.29, 1.82) is 0 Å². The lowest BCUT2D eigenvalue weighted by atomic mass is 10.1. The summed E-state index contributed by atoms with van der Waals surface area (Å²) in [6, 6.07) is 13.3. The molecule has 29 heavy (non-hydrogen) atoms. The first-order valence-corrected chi connectivity index (χ1v) is 9.62. The molecule has 150 valence electrons. The maximum Gasteiger partial charge on any atom is 0.251 e. The normalized spacial score (nSPS) is 12.9. The van der Waals surface area contributed by atoms with E-state index in [1.54, 1.807) is 19.2 Å². The lowest BCUT2D eigenvalue weighted by molar-refractivity contribution is 0.0963. The fourth-order valence-electron chi connectivity index (χ4n) is 3.30. The van der Waals surface area contributed by atoms with Gasteiger partial charge in [0.15, 0.2) is 11.5 Å². The Morgan fingerprint density at radius 3 is 2.62 bits per heavy atom. The first-order chi connectivity index (χ1) is 14.1. The third-order valence-electron chi connectivity index (χ3n) is 4.78. The molecule has 2 aromatic carbocycles. The van der Waals surface area contributed by atoms with Crippen LogP contribution < -0.4 is 20.1 Å². The van der Waals surface area contributed by atoms with E-state index in [1.165, 1.54) is 0 Å². The fraction of sp³-hybridized carbons (Fsp3) is 0.273. The quantitative estimate of drug-likeness (QED) is 0.697. The molecule has 3 aromatic rings. The molecule has 0 bridgehead atoms. The zero-order valence-corrected chi connectivity index (χ0v) is 16.6. The standard InChI is InChI=1S/C22H24N4O3/c1-23-22(27)15-4-7-18(8-5-15)24-13-17-14-26(2)25-21(17)16-6-9-19-20(12-16)29-11-3-10-28-19/h4-9,12,14,24H,3,10-11,13H2,1-2H3,(H,23,27). The number of anilines is 1. The molecule has 0 fully saturated rings. The summed E-state index contributed by atoms with van der Waals surface area (Å²) in [6.07, 6.45) is 2.88. The van der Waals surface area contributed by atoms with Gasteiger partial charge in [-0.25, -0.2) is 0 Å². The van der Waals surface area contributed by atoms with Crippen molar-refractivity contribution in [3.8, 4) is 22.8 Å². The summed E-state index contributed by atoms with van der Waals surface area (Å²) >= 11 is 0. The van der Waals surface area contributed by atoms with Crippen LogP contribution in [0.2, 0.25) is 0 Å². The molecule has 1 amide bonds. The number of aryl methyl sites for hydroxylation is 1. The predicted molar refractivity (Wildman–Crippen MR) is 111 cm³/mol. The average Bonchev–Trinajstić information content (AvgIpc) is 2.96. The molecule has 1 aromatic heterocycles. The number of fused-ring (bicyclic) bond motifs is 1. The summed E-state index contributed by atoms with van der Waals surface area (Å²) in [5.41, 5.74) is 4.52. The number of hydrogen-bond acceptors (Lipinski definition) is 5. The number of carbonyl (C=O) groups excluding carboxylic acids is 1. The number of benzene rings is 2. The number of amides is 1. The second-order valence-electron chi connectivity index (χ2n) is 6.90. The van der Waals surface area contributed by atoms with Gasteiger partial charge in [-0.1, -0.05) is 0 Å². The van der Waals surface area contributed by atoms with Crippen LogP contribution in [-0.2, 0) is 13.6 Å². The molecule has 1 aliphatic heterocycles. The van der Waals surface area contributed by atoms with E-state index in [0.29, 0.717) is 25.3 Å². The van der Waals surface area contributed by atoms with Crippen molar-refractivity contribution in [3.05, 3.63) is 59.8 Å². The van der Waals surface area contributed by atoms with E-state index in [9.17, 15) is 4.79 Å². The number of nitrogens with zero attached hydrogens (tertiary/aromatic N) is 2. The van der Waals surface area contributed by atoms with E-state index in [2.05, 4.69) is 15.7 Å². The highest BCUT2D eigenvalue weighted by Crippen LogP contribution is 2.34. The molecule has 0 atom stereocenters. The first-order valence-electron chi connectivity index (χ1n) is 9.62. The zero-order valence-electron chi connectivity index (χ0n) is 16.6. The molecular weight excluding hydrogens is 368 g/mol. The van der Waals surface area contributed by atoms with Crippen molar-refractivity contribution in [3.63, 3.8) is 0 Å². The summed E-state index contributed by atoms with van der Waals surface area (Å²) < 4.78 is 13.4. The first kappa shape index (κ1) is 18.9. The summed E-state index contributed by atoms with van der Waals surface area (Å²) in [5.74, 6) is 1.44. The van der Waals surface area contributed by atoms with E-state index in [-0.39, 0.29) is 5.91 Å². The Bertz CT molecular complexity index is 1010. The van der Waals surface area contributed by atoms with Crippen molar-refractivity contribution >= 4 is 11.6 Å². The number of carbonyl (C=O) groups is 1. The molecule has 0 saturated carbocycles. The van der Waals surface area contributed by atoms with Crippen molar-refractivity contribution in [2.24, 2.45) is 7.05 Å². The van der Waals surface area contributed by atoms with Gasteiger partial charge in [-0.15, -0.1) is 0 Å². The van der Waals surface area contributed by atoms with E-state index < -0.39 is 0 Å².